The number of hydrogen-bond acceptors (Lipinski definition) is 7. The minimum atomic E-state index is -0.613. The van der Waals surface area contributed by atoms with Gasteiger partial charge < -0.3 is 29.4 Å². The van der Waals surface area contributed by atoms with E-state index in [0.717, 1.165) is 24.0 Å². The summed E-state index contributed by atoms with van der Waals surface area (Å²) in [4.78, 5) is 39.9. The van der Waals surface area contributed by atoms with Crippen LogP contribution in [-0.4, -0.2) is 61.5 Å². The van der Waals surface area contributed by atoms with Crippen LogP contribution >= 0.6 is 0 Å². The molecular formula is C42H59BN2O7. The Bertz CT molecular complexity index is 1580. The molecule has 6 atom stereocenters. The average molecular weight is 715 g/mol. The lowest BCUT2D eigenvalue weighted by atomic mass is 9.43. The van der Waals surface area contributed by atoms with Crippen molar-refractivity contribution in [3.8, 4) is 11.1 Å². The highest BCUT2D eigenvalue weighted by Crippen LogP contribution is 2.65. The smallest absolute Gasteiger partial charge is 0.465 e. The zero-order valence-electron chi connectivity index (χ0n) is 32.5. The highest BCUT2D eigenvalue weighted by atomic mass is 16.7. The van der Waals surface area contributed by atoms with Crippen molar-refractivity contribution in [2.24, 2.45) is 29.1 Å². The quantitative estimate of drug-likeness (QED) is 0.117. The first-order chi connectivity index (χ1) is 24.6. The van der Waals surface area contributed by atoms with E-state index >= 15 is 0 Å². The Labute approximate surface area is 310 Å². The third kappa shape index (κ3) is 8.08. The molecule has 3 saturated carbocycles. The lowest BCUT2D eigenvalue weighted by Crippen LogP contribution is -2.65. The van der Waals surface area contributed by atoms with Gasteiger partial charge in [-0.05, 0) is 105 Å². The van der Waals surface area contributed by atoms with E-state index < -0.39 is 30.7 Å². The van der Waals surface area contributed by atoms with E-state index in [1.807, 2.05) is 45.0 Å². The molecule has 1 saturated heterocycles. The molecule has 4 fully saturated rings. The SMILES string of the molecule is CC(C)C[C@H](NC(=O)[C@H](CCCCNC(=O)OC(C)(C)C)CC(=O)OCC1c2ccccc2-c2ccccc21)B1O[C@@H]2C[C@@H]3C[C@@H](C3(C)C)[C@]2(C)O1. The van der Waals surface area contributed by atoms with Crippen molar-refractivity contribution in [2.75, 3.05) is 13.2 Å². The molecule has 0 unspecified atom stereocenters. The van der Waals surface area contributed by atoms with Crippen molar-refractivity contribution < 1.29 is 33.2 Å². The van der Waals surface area contributed by atoms with Crippen molar-refractivity contribution in [1.29, 1.82) is 0 Å². The summed E-state index contributed by atoms with van der Waals surface area (Å²) in [5.41, 5.74) is 3.87. The molecule has 2 amide bonds. The first-order valence-corrected chi connectivity index (χ1v) is 19.5. The number of nitrogens with one attached hydrogen (secondary N) is 2. The zero-order chi connectivity index (χ0) is 37.4. The van der Waals surface area contributed by atoms with E-state index in [4.69, 9.17) is 18.8 Å². The molecule has 7 rings (SSSR count). The molecule has 4 aliphatic carbocycles. The Kier molecular flexibility index (Phi) is 11.2. The Morgan fingerprint density at radius 3 is 2.23 bits per heavy atom. The lowest BCUT2D eigenvalue weighted by molar-refractivity contribution is -0.199. The van der Waals surface area contributed by atoms with Gasteiger partial charge in [0.15, 0.2) is 0 Å². The number of carbonyl (C=O) groups is 3. The predicted molar refractivity (Wildman–Crippen MR) is 202 cm³/mol. The maximum atomic E-state index is 14.2. The summed E-state index contributed by atoms with van der Waals surface area (Å²) in [7, 11) is -0.551. The van der Waals surface area contributed by atoms with Crippen molar-refractivity contribution in [1.82, 2.24) is 10.6 Å². The second kappa shape index (κ2) is 15.2. The summed E-state index contributed by atoms with van der Waals surface area (Å²) < 4.78 is 24.8. The number of amides is 2. The Morgan fingerprint density at radius 1 is 0.962 bits per heavy atom. The maximum absolute atomic E-state index is 14.2. The van der Waals surface area contributed by atoms with Crippen LogP contribution in [0, 0.1) is 29.1 Å². The van der Waals surface area contributed by atoms with Gasteiger partial charge in [-0.3, -0.25) is 9.59 Å². The van der Waals surface area contributed by atoms with E-state index in [1.54, 1.807) is 0 Å². The molecule has 2 bridgehead atoms. The summed E-state index contributed by atoms with van der Waals surface area (Å²) >= 11 is 0. The van der Waals surface area contributed by atoms with Gasteiger partial charge in [0.2, 0.25) is 5.91 Å². The lowest BCUT2D eigenvalue weighted by Gasteiger charge is -2.64. The number of hydrogen-bond donors (Lipinski definition) is 2. The van der Waals surface area contributed by atoms with Crippen LogP contribution in [0.3, 0.4) is 0 Å². The van der Waals surface area contributed by atoms with Gasteiger partial charge in [0.25, 0.3) is 0 Å². The van der Waals surface area contributed by atoms with Crippen LogP contribution in [-0.2, 0) is 28.4 Å². The highest BCUT2D eigenvalue weighted by molar-refractivity contribution is 6.47. The van der Waals surface area contributed by atoms with Gasteiger partial charge in [-0.15, -0.1) is 0 Å². The van der Waals surface area contributed by atoms with Gasteiger partial charge in [-0.25, -0.2) is 4.79 Å². The summed E-state index contributed by atoms with van der Waals surface area (Å²) in [6.07, 6.45) is 4.05. The van der Waals surface area contributed by atoms with Crippen LogP contribution in [0.15, 0.2) is 48.5 Å². The van der Waals surface area contributed by atoms with Crippen molar-refractivity contribution >= 4 is 25.1 Å². The molecule has 10 heteroatoms. The van der Waals surface area contributed by atoms with Gasteiger partial charge in [-0.1, -0.05) is 82.6 Å². The summed E-state index contributed by atoms with van der Waals surface area (Å²) in [6.45, 7) is 17.2. The molecule has 1 aliphatic heterocycles. The molecule has 5 aliphatic rings. The predicted octanol–water partition coefficient (Wildman–Crippen LogP) is 7.84. The number of esters is 1. The Balaban J connectivity index is 1.11. The van der Waals surface area contributed by atoms with E-state index in [-0.39, 0.29) is 53.8 Å². The molecule has 282 valence electrons. The van der Waals surface area contributed by atoms with E-state index in [2.05, 4.69) is 69.5 Å². The minimum Gasteiger partial charge on any atom is -0.465 e. The summed E-state index contributed by atoms with van der Waals surface area (Å²) in [5, 5.41) is 6.09. The van der Waals surface area contributed by atoms with Gasteiger partial charge in [-0.2, -0.15) is 0 Å². The summed E-state index contributed by atoms with van der Waals surface area (Å²) in [5.74, 6) is -0.290. The molecule has 2 aromatic carbocycles. The summed E-state index contributed by atoms with van der Waals surface area (Å²) in [6, 6.07) is 16.5. The molecule has 1 heterocycles. The molecule has 0 radical (unpaired) electrons. The van der Waals surface area contributed by atoms with Gasteiger partial charge in [0.05, 0.1) is 24.1 Å². The van der Waals surface area contributed by atoms with Gasteiger partial charge >= 0.3 is 19.2 Å². The molecule has 0 spiro atoms. The third-order valence-electron chi connectivity index (χ3n) is 12.2. The maximum Gasteiger partial charge on any atom is 0.481 e. The van der Waals surface area contributed by atoms with Crippen LogP contribution < -0.4 is 10.6 Å². The fourth-order valence-corrected chi connectivity index (χ4v) is 9.34. The van der Waals surface area contributed by atoms with Crippen LogP contribution in [0.5, 0.6) is 0 Å². The topological polar surface area (TPSA) is 112 Å². The molecule has 2 aromatic rings. The second-order valence-electron chi connectivity index (χ2n) is 17.8. The normalized spacial score (nSPS) is 25.3. The van der Waals surface area contributed by atoms with Crippen LogP contribution in [0.1, 0.15) is 117 Å². The average Bonchev–Trinajstić information content (AvgIpc) is 3.60. The van der Waals surface area contributed by atoms with E-state index in [9.17, 15) is 14.4 Å². The standard InChI is InChI=1S/C42H59BN2O7/c1-26(2)21-36(43-51-35-24-28-23-34(41(28,6)7)42(35,8)52-43)45-38(47)27(15-13-14-20-44-39(48)50-40(3,4)5)22-37(46)49-25-33-31-18-11-9-16-29(31)30-17-10-12-19-32(30)33/h9-12,16-19,26-28,33-36H,13-15,20-25H2,1-8H3,(H,44,48)(H,45,47)/t27-,28+,34+,35-,36+,42+/m1/s1. The first-order valence-electron chi connectivity index (χ1n) is 19.5. The second-order valence-corrected chi connectivity index (χ2v) is 17.8. The van der Waals surface area contributed by atoms with Gasteiger partial charge in [0, 0.05) is 18.4 Å². The molecular weight excluding hydrogens is 655 g/mol. The first kappa shape index (κ1) is 38.4. The van der Waals surface area contributed by atoms with Crippen molar-refractivity contribution in [3.63, 3.8) is 0 Å². The third-order valence-corrected chi connectivity index (χ3v) is 12.2. The number of rotatable bonds is 14. The van der Waals surface area contributed by atoms with Crippen LogP contribution in [0.2, 0.25) is 0 Å². The number of ether oxygens (including phenoxy) is 2. The van der Waals surface area contributed by atoms with Crippen molar-refractivity contribution in [3.05, 3.63) is 59.7 Å². The van der Waals surface area contributed by atoms with Crippen LogP contribution in [0.4, 0.5) is 4.79 Å². The fraction of sp³-hybridized carbons (Fsp3) is 0.643. The minimum absolute atomic E-state index is 0.00920. The van der Waals surface area contributed by atoms with E-state index in [1.165, 1.54) is 11.1 Å². The van der Waals surface area contributed by atoms with Crippen LogP contribution in [0.25, 0.3) is 11.1 Å². The Morgan fingerprint density at radius 2 is 1.62 bits per heavy atom. The Hall–Kier alpha value is -3.37. The van der Waals surface area contributed by atoms with Gasteiger partial charge in [0.1, 0.15) is 12.2 Å². The number of alkyl carbamates (subject to hydrolysis) is 1. The molecule has 9 nitrogen and oxygen atoms in total. The largest absolute Gasteiger partial charge is 0.481 e. The number of carbonyl (C=O) groups excluding carboxylic acids is 3. The molecule has 0 aromatic heterocycles. The number of unbranched alkanes of at least 4 members (excludes halogenated alkanes) is 1. The monoisotopic (exact) mass is 714 g/mol. The van der Waals surface area contributed by atoms with Crippen molar-refractivity contribution in [2.45, 2.75) is 130 Å². The number of fused-ring (bicyclic) bond motifs is 3. The highest BCUT2D eigenvalue weighted by Gasteiger charge is 2.68. The molecule has 52 heavy (non-hydrogen) atoms. The number of benzene rings is 2. The molecule has 2 N–H and O–H groups in total. The van der Waals surface area contributed by atoms with E-state index in [0.29, 0.717) is 44.1 Å². The zero-order valence-corrected chi connectivity index (χ0v) is 32.5. The fourth-order valence-electron chi connectivity index (χ4n) is 9.34.